The SMILES string of the molecule is C=C(I)CC(CCCO[Si](c1ccccc1)(c1ccccc1)C(C)(C)C)OS(C)(=O)=O. The summed E-state index contributed by atoms with van der Waals surface area (Å²) in [5.74, 6) is 0. The van der Waals surface area contributed by atoms with Gasteiger partial charge in [0.15, 0.2) is 0 Å². The van der Waals surface area contributed by atoms with E-state index in [-0.39, 0.29) is 5.04 Å². The molecule has 7 heteroatoms. The lowest BCUT2D eigenvalue weighted by atomic mass is 10.1. The standard InChI is InChI=1S/C24H33IO4SSi/c1-20(25)19-21(29-30(5,26)27)13-12-18-28-31(24(2,3)4,22-14-8-6-9-15-22)23-16-10-7-11-17-23/h6-11,14-17,21H,1,12-13,18-19H2,2-5H3. The van der Waals surface area contributed by atoms with E-state index in [2.05, 4.69) is 98.5 Å². The molecule has 0 radical (unpaired) electrons. The van der Waals surface area contributed by atoms with E-state index in [1.54, 1.807) is 0 Å². The van der Waals surface area contributed by atoms with Gasteiger partial charge in [0.25, 0.3) is 18.4 Å². The maximum absolute atomic E-state index is 11.6. The van der Waals surface area contributed by atoms with Crippen LogP contribution in [0.25, 0.3) is 0 Å². The zero-order valence-corrected chi connectivity index (χ0v) is 22.8. The Balaban J connectivity index is 2.27. The van der Waals surface area contributed by atoms with Gasteiger partial charge < -0.3 is 4.43 Å². The van der Waals surface area contributed by atoms with Gasteiger partial charge in [0.2, 0.25) is 0 Å². The van der Waals surface area contributed by atoms with E-state index < -0.39 is 24.5 Å². The number of benzene rings is 2. The van der Waals surface area contributed by atoms with Gasteiger partial charge in [-0.25, -0.2) is 0 Å². The molecule has 0 amide bonds. The number of rotatable bonds is 11. The smallest absolute Gasteiger partial charge is 0.264 e. The Morgan fingerprint density at radius 3 is 1.90 bits per heavy atom. The van der Waals surface area contributed by atoms with Crippen molar-refractivity contribution >= 4 is 51.4 Å². The van der Waals surface area contributed by atoms with Crippen LogP contribution in [0.3, 0.4) is 0 Å². The van der Waals surface area contributed by atoms with Gasteiger partial charge in [-0.1, -0.05) is 88.0 Å². The van der Waals surface area contributed by atoms with Crippen LogP contribution in [0.5, 0.6) is 0 Å². The van der Waals surface area contributed by atoms with Gasteiger partial charge in [-0.2, -0.15) is 8.42 Å². The fourth-order valence-corrected chi connectivity index (χ4v) is 9.73. The van der Waals surface area contributed by atoms with Crippen molar-refractivity contribution in [2.24, 2.45) is 0 Å². The van der Waals surface area contributed by atoms with E-state index in [4.69, 9.17) is 8.61 Å². The van der Waals surface area contributed by atoms with E-state index in [1.807, 2.05) is 12.1 Å². The average molecular weight is 573 g/mol. The second kappa shape index (κ2) is 11.2. The highest BCUT2D eigenvalue weighted by atomic mass is 127. The molecule has 2 rings (SSSR count). The highest BCUT2D eigenvalue weighted by Crippen LogP contribution is 2.37. The van der Waals surface area contributed by atoms with Crippen LogP contribution in [0.2, 0.25) is 5.04 Å². The minimum atomic E-state index is -3.52. The van der Waals surface area contributed by atoms with Crippen LogP contribution in [0, 0.1) is 0 Å². The van der Waals surface area contributed by atoms with Crippen LogP contribution >= 0.6 is 22.6 Å². The Hall–Kier alpha value is -1.00. The third-order valence-electron chi connectivity index (χ3n) is 5.17. The van der Waals surface area contributed by atoms with Crippen molar-refractivity contribution in [2.75, 3.05) is 12.9 Å². The van der Waals surface area contributed by atoms with Crippen molar-refractivity contribution in [3.05, 3.63) is 70.8 Å². The molecule has 1 unspecified atom stereocenters. The quantitative estimate of drug-likeness (QED) is 0.164. The Morgan fingerprint density at radius 2 is 1.52 bits per heavy atom. The molecular weight excluding hydrogens is 539 g/mol. The number of hydrogen-bond acceptors (Lipinski definition) is 4. The molecule has 0 aliphatic heterocycles. The average Bonchev–Trinajstić information content (AvgIpc) is 2.66. The van der Waals surface area contributed by atoms with E-state index in [0.717, 1.165) is 9.84 Å². The van der Waals surface area contributed by atoms with Gasteiger partial charge in [0, 0.05) is 13.0 Å². The lowest BCUT2D eigenvalue weighted by Gasteiger charge is -2.43. The molecule has 0 heterocycles. The van der Waals surface area contributed by atoms with Crippen molar-refractivity contribution < 1.29 is 17.0 Å². The zero-order chi connectivity index (χ0) is 23.1. The molecule has 0 saturated carbocycles. The molecule has 0 fully saturated rings. The molecule has 0 spiro atoms. The first-order valence-electron chi connectivity index (χ1n) is 10.4. The summed E-state index contributed by atoms with van der Waals surface area (Å²) in [5.41, 5.74) is 0. The van der Waals surface area contributed by atoms with Crippen molar-refractivity contribution in [3.63, 3.8) is 0 Å². The van der Waals surface area contributed by atoms with Gasteiger partial charge in [-0.15, -0.1) is 0 Å². The summed E-state index contributed by atoms with van der Waals surface area (Å²) in [6, 6.07) is 21.0. The molecule has 2 aromatic carbocycles. The van der Waals surface area contributed by atoms with Crippen molar-refractivity contribution in [1.29, 1.82) is 0 Å². The Bertz CT molecular complexity index is 901. The predicted octanol–water partition coefficient (Wildman–Crippen LogP) is 5.03. The van der Waals surface area contributed by atoms with Crippen LogP contribution in [-0.2, 0) is 18.7 Å². The number of hydrogen-bond donors (Lipinski definition) is 0. The zero-order valence-electron chi connectivity index (χ0n) is 18.8. The van der Waals surface area contributed by atoms with Crippen molar-refractivity contribution in [1.82, 2.24) is 0 Å². The van der Waals surface area contributed by atoms with Crippen molar-refractivity contribution in [3.8, 4) is 0 Å². The predicted molar refractivity (Wildman–Crippen MR) is 140 cm³/mol. The van der Waals surface area contributed by atoms with Gasteiger partial charge in [-0.05, 0) is 54.4 Å². The summed E-state index contributed by atoms with van der Waals surface area (Å²) in [6.07, 6.45) is 2.48. The summed E-state index contributed by atoms with van der Waals surface area (Å²) < 4.78 is 36.3. The molecule has 0 bridgehead atoms. The Morgan fingerprint density at radius 1 is 1.03 bits per heavy atom. The summed E-state index contributed by atoms with van der Waals surface area (Å²) in [5, 5.41) is 2.38. The largest absolute Gasteiger partial charge is 0.407 e. The first-order valence-corrected chi connectivity index (χ1v) is 15.2. The third-order valence-corrected chi connectivity index (χ3v) is 11.3. The Labute approximate surface area is 202 Å². The van der Waals surface area contributed by atoms with Crippen LogP contribution in [0.1, 0.15) is 40.0 Å². The van der Waals surface area contributed by atoms with E-state index in [1.165, 1.54) is 10.4 Å². The highest BCUT2D eigenvalue weighted by molar-refractivity contribution is 14.1. The molecule has 0 N–H and O–H groups in total. The van der Waals surface area contributed by atoms with E-state index in [0.29, 0.717) is 25.9 Å². The highest BCUT2D eigenvalue weighted by Gasteiger charge is 2.49. The first-order chi connectivity index (χ1) is 14.5. The molecule has 0 aliphatic carbocycles. The third kappa shape index (κ3) is 7.52. The van der Waals surface area contributed by atoms with Gasteiger partial charge >= 0.3 is 0 Å². The fraction of sp³-hybridized carbons (Fsp3) is 0.417. The normalized spacial score (nSPS) is 13.7. The molecule has 170 valence electrons. The Kier molecular flexibility index (Phi) is 9.51. The minimum Gasteiger partial charge on any atom is -0.407 e. The maximum Gasteiger partial charge on any atom is 0.264 e. The van der Waals surface area contributed by atoms with Gasteiger partial charge in [-0.3, -0.25) is 4.18 Å². The van der Waals surface area contributed by atoms with Gasteiger partial charge in [0.1, 0.15) is 0 Å². The lowest BCUT2D eigenvalue weighted by molar-refractivity contribution is 0.185. The molecule has 0 saturated heterocycles. The maximum atomic E-state index is 11.6. The summed E-state index contributed by atoms with van der Waals surface area (Å²) >= 11 is 2.12. The van der Waals surface area contributed by atoms with Crippen LogP contribution in [-0.4, -0.2) is 35.7 Å². The second-order valence-electron chi connectivity index (χ2n) is 8.80. The summed E-state index contributed by atoms with van der Waals surface area (Å²) in [4.78, 5) is 0. The summed E-state index contributed by atoms with van der Waals surface area (Å²) in [6.45, 7) is 11.2. The molecule has 4 nitrogen and oxygen atoms in total. The minimum absolute atomic E-state index is 0.0884. The number of halogens is 1. The fourth-order valence-electron chi connectivity index (χ4n) is 3.98. The molecule has 0 aromatic heterocycles. The topological polar surface area (TPSA) is 52.6 Å². The molecular formula is C24H33IO4SSi. The van der Waals surface area contributed by atoms with Crippen LogP contribution < -0.4 is 10.4 Å². The van der Waals surface area contributed by atoms with Gasteiger partial charge in [0.05, 0.1) is 12.4 Å². The molecule has 1 atom stereocenters. The summed E-state index contributed by atoms with van der Waals surface area (Å²) in [7, 11) is -6.10. The monoisotopic (exact) mass is 572 g/mol. The molecule has 2 aromatic rings. The van der Waals surface area contributed by atoms with Crippen LogP contribution in [0.4, 0.5) is 0 Å². The van der Waals surface area contributed by atoms with E-state index in [9.17, 15) is 8.42 Å². The molecule has 0 aliphatic rings. The second-order valence-corrected chi connectivity index (χ2v) is 16.2. The van der Waals surface area contributed by atoms with Crippen LogP contribution in [0.15, 0.2) is 70.8 Å². The van der Waals surface area contributed by atoms with Crippen molar-refractivity contribution in [2.45, 2.75) is 51.2 Å². The first kappa shape index (κ1) is 26.3. The lowest BCUT2D eigenvalue weighted by Crippen LogP contribution is -2.66. The molecule has 31 heavy (non-hydrogen) atoms. The van der Waals surface area contributed by atoms with E-state index >= 15 is 0 Å².